The second-order valence-corrected chi connectivity index (χ2v) is 9.03. The van der Waals surface area contributed by atoms with E-state index in [1.165, 1.54) is 11.8 Å². The van der Waals surface area contributed by atoms with Gasteiger partial charge in [0.1, 0.15) is 11.0 Å². The molecule has 3 amide bonds. The van der Waals surface area contributed by atoms with Gasteiger partial charge in [0.25, 0.3) is 11.8 Å². The molecule has 2 N–H and O–H groups in total. The summed E-state index contributed by atoms with van der Waals surface area (Å²) in [5.41, 5.74) is 1.93. The van der Waals surface area contributed by atoms with Crippen LogP contribution in [0.1, 0.15) is 35.2 Å². The summed E-state index contributed by atoms with van der Waals surface area (Å²) in [6.45, 7) is 2.17. The molecule has 1 fully saturated rings. The largest absolute Gasteiger partial charge is 0.496 e. The van der Waals surface area contributed by atoms with Gasteiger partial charge in [-0.15, -0.1) is 0 Å². The molecule has 0 radical (unpaired) electrons. The predicted octanol–water partition coefficient (Wildman–Crippen LogP) is 3.05. The van der Waals surface area contributed by atoms with Crippen molar-refractivity contribution >= 4 is 40.3 Å². The van der Waals surface area contributed by atoms with Gasteiger partial charge in [-0.25, -0.2) is 0 Å². The van der Waals surface area contributed by atoms with Crippen LogP contribution in [-0.2, 0) is 16.1 Å². The third kappa shape index (κ3) is 5.73. The fourth-order valence-electron chi connectivity index (χ4n) is 3.76. The molecule has 0 aliphatic carbocycles. The van der Waals surface area contributed by atoms with Gasteiger partial charge in [-0.05, 0) is 43.2 Å². The molecule has 0 aromatic heterocycles. The highest BCUT2D eigenvalue weighted by Gasteiger charge is 2.33. The van der Waals surface area contributed by atoms with Crippen molar-refractivity contribution in [2.45, 2.75) is 31.1 Å². The molecular weight excluding hydrogens is 440 g/mol. The minimum absolute atomic E-state index is 0.0610. The molecule has 2 aromatic rings. The number of benzene rings is 2. The van der Waals surface area contributed by atoms with Crippen LogP contribution in [0.3, 0.4) is 0 Å². The van der Waals surface area contributed by atoms with E-state index in [9.17, 15) is 14.4 Å². The minimum Gasteiger partial charge on any atom is -0.496 e. The van der Waals surface area contributed by atoms with Gasteiger partial charge in [0.2, 0.25) is 5.91 Å². The number of hydrogen-bond acceptors (Lipinski definition) is 6. The zero-order valence-electron chi connectivity index (χ0n) is 18.4. The zero-order chi connectivity index (χ0) is 23.2. The molecule has 4 rings (SSSR count). The average molecular weight is 467 g/mol. The Labute approximate surface area is 196 Å². The minimum atomic E-state index is -0.486. The molecule has 1 saturated heterocycles. The summed E-state index contributed by atoms with van der Waals surface area (Å²) in [6, 6.07) is 14.1. The lowest BCUT2D eigenvalue weighted by molar-refractivity contribution is -0.121. The highest BCUT2D eigenvalue weighted by Crippen LogP contribution is 2.29. The third-order valence-electron chi connectivity index (χ3n) is 5.54. The number of methoxy groups -OCH3 is 1. The van der Waals surface area contributed by atoms with Gasteiger partial charge in [-0.3, -0.25) is 14.4 Å². The molecule has 9 heteroatoms. The van der Waals surface area contributed by atoms with Gasteiger partial charge in [-0.1, -0.05) is 30.0 Å². The maximum absolute atomic E-state index is 12.5. The summed E-state index contributed by atoms with van der Waals surface area (Å²) < 4.78 is 5.30. The van der Waals surface area contributed by atoms with Crippen molar-refractivity contribution < 1.29 is 19.1 Å². The van der Waals surface area contributed by atoms with Crippen molar-refractivity contribution in [3.8, 4) is 5.75 Å². The standard InChI is InChI=1S/C24H26N4O4S/c1-32-19-7-3-2-6-17(19)15-25-22(30)16-8-10-18(11-9-16)26-21(29)14-20-23(31)27-24(33-20)28-12-4-5-13-28/h2-3,6-11,20H,4-5,12-15H2,1H3,(H,25,30)(H,26,29)/t20-/m1/s1. The van der Waals surface area contributed by atoms with Crippen molar-refractivity contribution in [3.63, 3.8) is 0 Å². The second-order valence-electron chi connectivity index (χ2n) is 7.86. The Kier molecular flexibility index (Phi) is 7.29. The second kappa shape index (κ2) is 10.5. The molecule has 2 heterocycles. The number of likely N-dealkylation sites (tertiary alicyclic amines) is 1. The first-order valence-corrected chi connectivity index (χ1v) is 11.8. The number of nitrogens with zero attached hydrogens (tertiary/aromatic N) is 2. The molecule has 172 valence electrons. The van der Waals surface area contributed by atoms with Crippen LogP contribution in [0.5, 0.6) is 5.75 Å². The number of anilines is 1. The molecule has 1 atom stereocenters. The van der Waals surface area contributed by atoms with Crippen LogP contribution >= 0.6 is 11.8 Å². The van der Waals surface area contributed by atoms with Gasteiger partial charge >= 0.3 is 0 Å². The van der Waals surface area contributed by atoms with Crippen LogP contribution in [0.25, 0.3) is 0 Å². The maximum Gasteiger partial charge on any atom is 0.262 e. The maximum atomic E-state index is 12.5. The topological polar surface area (TPSA) is 100 Å². The number of amidine groups is 1. The van der Waals surface area contributed by atoms with E-state index >= 15 is 0 Å². The van der Waals surface area contributed by atoms with E-state index in [2.05, 4.69) is 20.5 Å². The van der Waals surface area contributed by atoms with Crippen molar-refractivity contribution in [1.82, 2.24) is 10.2 Å². The zero-order valence-corrected chi connectivity index (χ0v) is 19.2. The number of carbonyl (C=O) groups is 3. The lowest BCUT2D eigenvalue weighted by atomic mass is 10.1. The van der Waals surface area contributed by atoms with E-state index in [1.807, 2.05) is 24.3 Å². The first-order chi connectivity index (χ1) is 16.0. The average Bonchev–Trinajstić information content (AvgIpc) is 3.48. The van der Waals surface area contributed by atoms with Crippen LogP contribution in [-0.4, -0.2) is 53.2 Å². The number of aliphatic imine (C=N–C) groups is 1. The van der Waals surface area contributed by atoms with E-state index in [4.69, 9.17) is 4.74 Å². The van der Waals surface area contributed by atoms with E-state index in [0.29, 0.717) is 23.5 Å². The van der Waals surface area contributed by atoms with Gasteiger partial charge in [0.05, 0.1) is 7.11 Å². The van der Waals surface area contributed by atoms with Gasteiger partial charge in [0.15, 0.2) is 5.17 Å². The van der Waals surface area contributed by atoms with Crippen LogP contribution in [0.2, 0.25) is 0 Å². The number of carbonyl (C=O) groups excluding carboxylic acids is 3. The molecule has 2 aliphatic rings. The van der Waals surface area contributed by atoms with Crippen molar-refractivity contribution in [3.05, 3.63) is 59.7 Å². The van der Waals surface area contributed by atoms with E-state index in [0.717, 1.165) is 36.7 Å². The van der Waals surface area contributed by atoms with E-state index < -0.39 is 5.25 Å². The smallest absolute Gasteiger partial charge is 0.262 e. The summed E-state index contributed by atoms with van der Waals surface area (Å²) in [6.07, 6.45) is 2.27. The molecule has 2 aromatic carbocycles. The highest BCUT2D eigenvalue weighted by atomic mass is 32.2. The molecule has 8 nitrogen and oxygen atoms in total. The Morgan fingerprint density at radius 3 is 2.58 bits per heavy atom. The molecule has 33 heavy (non-hydrogen) atoms. The molecule has 0 bridgehead atoms. The lowest BCUT2D eigenvalue weighted by Crippen LogP contribution is -2.25. The SMILES string of the molecule is COc1ccccc1CNC(=O)c1ccc(NC(=O)C[C@H]2SC(N3CCCC3)=NC2=O)cc1. The van der Waals surface area contributed by atoms with Crippen molar-refractivity contribution in [2.75, 3.05) is 25.5 Å². The van der Waals surface area contributed by atoms with Gasteiger partial charge in [-0.2, -0.15) is 4.99 Å². The normalized spacial score (nSPS) is 17.6. The quantitative estimate of drug-likeness (QED) is 0.651. The third-order valence-corrected chi connectivity index (χ3v) is 6.75. The predicted molar refractivity (Wildman–Crippen MR) is 128 cm³/mol. The van der Waals surface area contributed by atoms with Crippen LogP contribution in [0.15, 0.2) is 53.5 Å². The first kappa shape index (κ1) is 22.8. The lowest BCUT2D eigenvalue weighted by Gasteiger charge is -2.16. The van der Waals surface area contributed by atoms with Crippen molar-refractivity contribution in [2.24, 2.45) is 4.99 Å². The number of thioether (sulfide) groups is 1. The number of hydrogen-bond donors (Lipinski definition) is 2. The number of para-hydroxylation sites is 1. The van der Waals surface area contributed by atoms with Crippen LogP contribution < -0.4 is 15.4 Å². The molecule has 2 aliphatic heterocycles. The van der Waals surface area contributed by atoms with Gasteiger partial charge < -0.3 is 20.3 Å². The van der Waals surface area contributed by atoms with Crippen LogP contribution in [0, 0.1) is 0 Å². The Bertz CT molecular complexity index is 1060. The number of amides is 3. The fourth-order valence-corrected chi connectivity index (χ4v) is 4.88. The summed E-state index contributed by atoms with van der Waals surface area (Å²) in [4.78, 5) is 43.3. The fraction of sp³-hybridized carbons (Fsp3) is 0.333. The van der Waals surface area contributed by atoms with Crippen LogP contribution in [0.4, 0.5) is 5.69 Å². The van der Waals surface area contributed by atoms with Crippen molar-refractivity contribution in [1.29, 1.82) is 0 Å². The molecular formula is C24H26N4O4S. The Morgan fingerprint density at radius 1 is 1.12 bits per heavy atom. The highest BCUT2D eigenvalue weighted by molar-refractivity contribution is 8.15. The monoisotopic (exact) mass is 466 g/mol. The first-order valence-electron chi connectivity index (χ1n) is 10.9. The summed E-state index contributed by atoms with van der Waals surface area (Å²) in [5, 5.41) is 5.91. The molecule has 0 spiro atoms. The Hall–Kier alpha value is -3.33. The summed E-state index contributed by atoms with van der Waals surface area (Å²) in [7, 11) is 1.59. The molecule has 0 unspecified atom stereocenters. The summed E-state index contributed by atoms with van der Waals surface area (Å²) >= 11 is 1.37. The van der Waals surface area contributed by atoms with E-state index in [-0.39, 0.29) is 24.1 Å². The Morgan fingerprint density at radius 2 is 1.85 bits per heavy atom. The van der Waals surface area contributed by atoms with E-state index in [1.54, 1.807) is 31.4 Å². The number of rotatable bonds is 7. The molecule has 0 saturated carbocycles. The van der Waals surface area contributed by atoms with Gasteiger partial charge in [0, 0.05) is 42.9 Å². The Balaban J connectivity index is 1.26. The summed E-state index contributed by atoms with van der Waals surface area (Å²) in [5.74, 6) is -0.0164. The number of ether oxygens (including phenoxy) is 1. The number of nitrogens with one attached hydrogen (secondary N) is 2.